The minimum Gasteiger partial charge on any atom is -0.336 e. The lowest BCUT2D eigenvalue weighted by molar-refractivity contribution is -0.122. The molecule has 1 saturated heterocycles. The maximum atomic E-state index is 13.0. The van der Waals surface area contributed by atoms with E-state index in [1.807, 2.05) is 42.2 Å². The number of anilines is 1. The van der Waals surface area contributed by atoms with E-state index in [1.165, 1.54) is 12.1 Å². The molecule has 2 aromatic rings. The van der Waals surface area contributed by atoms with Crippen LogP contribution in [-0.4, -0.2) is 53.8 Å². The topological polar surface area (TPSA) is 52.7 Å². The number of benzene rings is 2. The molecule has 142 valence electrons. The lowest BCUT2D eigenvalue weighted by atomic mass is 10.1. The Balaban J connectivity index is 1.57. The van der Waals surface area contributed by atoms with E-state index in [0.29, 0.717) is 43.9 Å². The standard InChI is InChI=1S/C21H24FN3O2/c1-2-19(20(26)23-18-10-8-17(22)9-11-18)24-12-14-25(15-13-24)21(27)16-6-4-3-5-7-16/h3-11,19H,2,12-15H2,1H3,(H,23,26). The minimum atomic E-state index is -0.334. The van der Waals surface area contributed by atoms with E-state index in [-0.39, 0.29) is 23.7 Å². The number of hydrogen-bond acceptors (Lipinski definition) is 3. The summed E-state index contributed by atoms with van der Waals surface area (Å²) in [6, 6.07) is 14.7. The zero-order valence-electron chi connectivity index (χ0n) is 15.4. The van der Waals surface area contributed by atoms with Gasteiger partial charge in [-0.2, -0.15) is 0 Å². The molecular weight excluding hydrogens is 345 g/mol. The molecule has 1 heterocycles. The van der Waals surface area contributed by atoms with Gasteiger partial charge in [-0.3, -0.25) is 14.5 Å². The van der Waals surface area contributed by atoms with Crippen molar-refractivity contribution in [3.63, 3.8) is 0 Å². The second-order valence-corrected chi connectivity index (χ2v) is 6.61. The number of nitrogens with zero attached hydrogens (tertiary/aromatic N) is 2. The van der Waals surface area contributed by atoms with Crippen LogP contribution in [-0.2, 0) is 4.79 Å². The van der Waals surface area contributed by atoms with Gasteiger partial charge in [0.05, 0.1) is 6.04 Å². The quantitative estimate of drug-likeness (QED) is 0.882. The Morgan fingerprint density at radius 3 is 2.22 bits per heavy atom. The molecule has 2 amide bonds. The summed E-state index contributed by atoms with van der Waals surface area (Å²) >= 11 is 0. The summed E-state index contributed by atoms with van der Waals surface area (Å²) in [4.78, 5) is 29.1. The Morgan fingerprint density at radius 2 is 1.63 bits per heavy atom. The van der Waals surface area contributed by atoms with Gasteiger partial charge >= 0.3 is 0 Å². The monoisotopic (exact) mass is 369 g/mol. The van der Waals surface area contributed by atoms with Crippen LogP contribution in [0.15, 0.2) is 54.6 Å². The molecule has 1 aliphatic heterocycles. The fourth-order valence-electron chi connectivity index (χ4n) is 3.37. The molecule has 1 fully saturated rings. The molecule has 0 spiro atoms. The molecule has 1 unspecified atom stereocenters. The molecule has 0 radical (unpaired) electrons. The van der Waals surface area contributed by atoms with E-state index in [0.717, 1.165) is 0 Å². The molecule has 0 aliphatic carbocycles. The summed E-state index contributed by atoms with van der Waals surface area (Å²) in [5.74, 6) is -0.412. The van der Waals surface area contributed by atoms with E-state index >= 15 is 0 Å². The van der Waals surface area contributed by atoms with Crippen LogP contribution in [0.5, 0.6) is 0 Å². The maximum Gasteiger partial charge on any atom is 0.253 e. The Kier molecular flexibility index (Phi) is 6.19. The van der Waals surface area contributed by atoms with Crippen molar-refractivity contribution < 1.29 is 14.0 Å². The van der Waals surface area contributed by atoms with Gasteiger partial charge in [0.25, 0.3) is 5.91 Å². The van der Waals surface area contributed by atoms with Crippen LogP contribution < -0.4 is 5.32 Å². The number of halogens is 1. The van der Waals surface area contributed by atoms with E-state index in [9.17, 15) is 14.0 Å². The highest BCUT2D eigenvalue weighted by Gasteiger charge is 2.29. The fourth-order valence-corrected chi connectivity index (χ4v) is 3.37. The first kappa shape index (κ1) is 19.0. The summed E-state index contributed by atoms with van der Waals surface area (Å²) in [5, 5.41) is 2.85. The van der Waals surface area contributed by atoms with Gasteiger partial charge in [0.2, 0.25) is 5.91 Å². The lowest BCUT2D eigenvalue weighted by Gasteiger charge is -2.38. The summed E-state index contributed by atoms with van der Waals surface area (Å²) < 4.78 is 13.0. The third-order valence-electron chi connectivity index (χ3n) is 4.86. The minimum absolute atomic E-state index is 0.0269. The second kappa shape index (κ2) is 8.77. The van der Waals surface area contributed by atoms with Crippen molar-refractivity contribution in [2.24, 2.45) is 0 Å². The molecule has 0 aromatic heterocycles. The van der Waals surface area contributed by atoms with Crippen molar-refractivity contribution in [1.29, 1.82) is 0 Å². The molecule has 0 bridgehead atoms. The maximum absolute atomic E-state index is 13.0. The Hall–Kier alpha value is -2.73. The Bertz CT molecular complexity index is 772. The normalized spacial score (nSPS) is 16.0. The first-order chi connectivity index (χ1) is 13.1. The number of carbonyl (C=O) groups is 2. The summed E-state index contributed by atoms with van der Waals surface area (Å²) in [7, 11) is 0. The van der Waals surface area contributed by atoms with Crippen LogP contribution in [0.4, 0.5) is 10.1 Å². The average Bonchev–Trinajstić information content (AvgIpc) is 2.71. The molecular formula is C21H24FN3O2. The highest BCUT2D eigenvalue weighted by Crippen LogP contribution is 2.15. The zero-order chi connectivity index (χ0) is 19.2. The molecule has 1 atom stereocenters. The Morgan fingerprint density at radius 1 is 1.00 bits per heavy atom. The first-order valence-electron chi connectivity index (χ1n) is 9.23. The second-order valence-electron chi connectivity index (χ2n) is 6.61. The molecule has 3 rings (SSSR count). The average molecular weight is 369 g/mol. The van der Waals surface area contributed by atoms with Gasteiger partial charge < -0.3 is 10.2 Å². The summed E-state index contributed by atoms with van der Waals surface area (Å²) in [6.45, 7) is 4.44. The van der Waals surface area contributed by atoms with E-state index in [2.05, 4.69) is 10.2 Å². The van der Waals surface area contributed by atoms with Crippen molar-refractivity contribution in [3.05, 3.63) is 66.0 Å². The van der Waals surface area contributed by atoms with Crippen molar-refractivity contribution in [1.82, 2.24) is 9.80 Å². The highest BCUT2D eigenvalue weighted by molar-refractivity contribution is 5.95. The third-order valence-corrected chi connectivity index (χ3v) is 4.86. The Labute approximate surface area is 158 Å². The van der Waals surface area contributed by atoms with Crippen LogP contribution in [0.2, 0.25) is 0 Å². The molecule has 0 saturated carbocycles. The SMILES string of the molecule is CCC(C(=O)Nc1ccc(F)cc1)N1CCN(C(=O)c2ccccc2)CC1. The van der Waals surface area contributed by atoms with Crippen LogP contribution in [0, 0.1) is 5.82 Å². The van der Waals surface area contributed by atoms with Crippen LogP contribution in [0.25, 0.3) is 0 Å². The first-order valence-corrected chi connectivity index (χ1v) is 9.23. The number of amides is 2. The number of piperazine rings is 1. The van der Waals surface area contributed by atoms with E-state index < -0.39 is 0 Å². The van der Waals surface area contributed by atoms with Gasteiger partial charge in [-0.05, 0) is 42.8 Å². The molecule has 27 heavy (non-hydrogen) atoms. The van der Waals surface area contributed by atoms with Crippen LogP contribution in [0.1, 0.15) is 23.7 Å². The smallest absolute Gasteiger partial charge is 0.253 e. The molecule has 5 nitrogen and oxygen atoms in total. The van der Waals surface area contributed by atoms with Crippen molar-refractivity contribution in [2.45, 2.75) is 19.4 Å². The fraction of sp³-hybridized carbons (Fsp3) is 0.333. The number of carbonyl (C=O) groups excluding carboxylic acids is 2. The van der Waals surface area contributed by atoms with Gasteiger partial charge in [-0.25, -0.2) is 4.39 Å². The summed E-state index contributed by atoms with van der Waals surface area (Å²) in [6.07, 6.45) is 0.666. The van der Waals surface area contributed by atoms with Gasteiger partial charge in [-0.15, -0.1) is 0 Å². The number of rotatable bonds is 5. The zero-order valence-corrected chi connectivity index (χ0v) is 15.4. The number of nitrogens with one attached hydrogen (secondary N) is 1. The van der Waals surface area contributed by atoms with Crippen molar-refractivity contribution in [2.75, 3.05) is 31.5 Å². The molecule has 2 aromatic carbocycles. The largest absolute Gasteiger partial charge is 0.336 e. The molecule has 6 heteroatoms. The predicted octanol–water partition coefficient (Wildman–Crippen LogP) is 3.00. The lowest BCUT2D eigenvalue weighted by Crippen LogP contribution is -2.54. The van der Waals surface area contributed by atoms with Gasteiger partial charge in [0.15, 0.2) is 0 Å². The van der Waals surface area contributed by atoms with Crippen molar-refractivity contribution >= 4 is 17.5 Å². The van der Waals surface area contributed by atoms with Crippen LogP contribution >= 0.6 is 0 Å². The third kappa shape index (κ3) is 4.71. The van der Waals surface area contributed by atoms with Gasteiger partial charge in [0.1, 0.15) is 5.82 Å². The van der Waals surface area contributed by atoms with Crippen LogP contribution in [0.3, 0.4) is 0 Å². The van der Waals surface area contributed by atoms with E-state index in [4.69, 9.17) is 0 Å². The van der Waals surface area contributed by atoms with Gasteiger partial charge in [-0.1, -0.05) is 25.1 Å². The highest BCUT2D eigenvalue weighted by atomic mass is 19.1. The van der Waals surface area contributed by atoms with E-state index in [1.54, 1.807) is 12.1 Å². The number of hydrogen-bond donors (Lipinski definition) is 1. The van der Waals surface area contributed by atoms with Crippen molar-refractivity contribution in [3.8, 4) is 0 Å². The predicted molar refractivity (Wildman–Crippen MR) is 103 cm³/mol. The molecule has 1 aliphatic rings. The summed E-state index contributed by atoms with van der Waals surface area (Å²) in [5.41, 5.74) is 1.27. The molecule has 1 N–H and O–H groups in total. The van der Waals surface area contributed by atoms with Gasteiger partial charge in [0, 0.05) is 37.4 Å².